The van der Waals surface area contributed by atoms with E-state index >= 15 is 0 Å². The Morgan fingerprint density at radius 3 is 2.67 bits per heavy atom. The number of amides is 3. The number of carbonyl (C=O) groups is 3. The number of nitrogens with zero attached hydrogens (tertiary/aromatic N) is 1. The Hall–Kier alpha value is -3.39. The summed E-state index contributed by atoms with van der Waals surface area (Å²) in [6.07, 6.45) is 2.83. The van der Waals surface area contributed by atoms with Crippen molar-refractivity contribution in [3.63, 3.8) is 0 Å². The molecule has 2 aromatic carbocycles. The Labute approximate surface area is 229 Å². The average molecular weight is 669 g/mol. The van der Waals surface area contributed by atoms with Crippen molar-refractivity contribution in [3.05, 3.63) is 73.7 Å². The van der Waals surface area contributed by atoms with Crippen LogP contribution in [-0.4, -0.2) is 37.7 Å². The van der Waals surface area contributed by atoms with E-state index in [1.54, 1.807) is 30.3 Å². The molecule has 0 saturated heterocycles. The van der Waals surface area contributed by atoms with Gasteiger partial charge in [-0.15, -0.1) is 0 Å². The smallest absolute Gasteiger partial charge is 0.329 e. The molecule has 0 bridgehead atoms. The minimum atomic E-state index is -0.925. The third-order valence-corrected chi connectivity index (χ3v) is 6.32. The van der Waals surface area contributed by atoms with Gasteiger partial charge < -0.3 is 24.5 Å². The van der Waals surface area contributed by atoms with Gasteiger partial charge in [0.15, 0.2) is 18.1 Å². The fourth-order valence-electron chi connectivity index (χ4n) is 2.89. The van der Waals surface area contributed by atoms with Crippen molar-refractivity contribution in [3.8, 4) is 11.5 Å². The zero-order chi connectivity index (χ0) is 26.1. The van der Waals surface area contributed by atoms with E-state index in [0.717, 1.165) is 10.0 Å². The van der Waals surface area contributed by atoms with Gasteiger partial charge in [0.1, 0.15) is 5.76 Å². The van der Waals surface area contributed by atoms with Gasteiger partial charge in [-0.1, -0.05) is 15.9 Å². The van der Waals surface area contributed by atoms with Crippen LogP contribution in [-0.2, 0) is 20.9 Å². The number of hydrazone groups is 1. The summed E-state index contributed by atoms with van der Waals surface area (Å²) in [5, 5.41) is 9.02. The number of halogens is 2. The molecule has 0 aliphatic heterocycles. The molecule has 0 aliphatic rings. The van der Waals surface area contributed by atoms with Crippen LogP contribution in [0.15, 0.2) is 62.7 Å². The first-order chi connectivity index (χ1) is 17.3. The van der Waals surface area contributed by atoms with Crippen LogP contribution in [0.3, 0.4) is 0 Å². The van der Waals surface area contributed by atoms with Crippen LogP contribution in [0.4, 0.5) is 5.69 Å². The highest BCUT2D eigenvalue weighted by Crippen LogP contribution is 2.33. The fraction of sp³-hybridized carbons (Fsp3) is 0.167. The number of rotatable bonds is 9. The van der Waals surface area contributed by atoms with Crippen LogP contribution < -0.4 is 25.5 Å². The highest BCUT2D eigenvalue weighted by atomic mass is 127. The summed E-state index contributed by atoms with van der Waals surface area (Å²) in [6.45, 7) is 1.79. The van der Waals surface area contributed by atoms with E-state index < -0.39 is 11.8 Å². The van der Waals surface area contributed by atoms with Crippen molar-refractivity contribution in [2.24, 2.45) is 5.10 Å². The van der Waals surface area contributed by atoms with Crippen molar-refractivity contribution in [2.75, 3.05) is 19.0 Å². The maximum Gasteiger partial charge on any atom is 0.329 e. The second-order valence-corrected chi connectivity index (χ2v) is 9.31. The minimum absolute atomic E-state index is 0.0839. The Balaban J connectivity index is 1.55. The zero-order valence-corrected chi connectivity index (χ0v) is 23.0. The molecule has 3 N–H and O–H groups in total. The largest absolute Gasteiger partial charge is 0.493 e. The van der Waals surface area contributed by atoms with E-state index in [1.165, 1.54) is 19.6 Å². The van der Waals surface area contributed by atoms with Crippen molar-refractivity contribution in [1.29, 1.82) is 0 Å². The summed E-state index contributed by atoms with van der Waals surface area (Å²) < 4.78 is 17.8. The van der Waals surface area contributed by atoms with Crippen molar-refractivity contribution in [1.82, 2.24) is 10.7 Å². The Kier molecular flexibility index (Phi) is 9.87. The summed E-state index contributed by atoms with van der Waals surface area (Å²) in [5.74, 6) is -0.822. The molecule has 3 aromatic rings. The number of methoxy groups -OCH3 is 1. The number of furan rings is 1. The molecule has 0 radical (unpaired) electrons. The van der Waals surface area contributed by atoms with Crippen LogP contribution in [0.2, 0.25) is 0 Å². The van der Waals surface area contributed by atoms with Gasteiger partial charge in [0.05, 0.1) is 29.7 Å². The first-order valence-electron chi connectivity index (χ1n) is 10.5. The van der Waals surface area contributed by atoms with E-state index in [2.05, 4.69) is 37.1 Å². The predicted molar refractivity (Wildman–Crippen MR) is 145 cm³/mol. The van der Waals surface area contributed by atoms with Crippen molar-refractivity contribution >= 4 is 68.1 Å². The molecule has 10 nitrogen and oxygen atoms in total. The Morgan fingerprint density at radius 1 is 1.17 bits per heavy atom. The normalized spacial score (nSPS) is 10.7. The molecule has 12 heteroatoms. The lowest BCUT2D eigenvalue weighted by Crippen LogP contribution is -2.37. The van der Waals surface area contributed by atoms with Gasteiger partial charge in [-0.2, -0.15) is 5.10 Å². The summed E-state index contributed by atoms with van der Waals surface area (Å²) in [4.78, 5) is 36.1. The van der Waals surface area contributed by atoms with Gasteiger partial charge in [-0.25, -0.2) is 5.43 Å². The average Bonchev–Trinajstić information content (AvgIpc) is 3.37. The summed E-state index contributed by atoms with van der Waals surface area (Å²) >= 11 is 5.47. The second-order valence-electron chi connectivity index (χ2n) is 7.30. The molecule has 0 unspecified atom stereocenters. The highest BCUT2D eigenvalue weighted by Gasteiger charge is 2.15. The predicted octanol–water partition coefficient (Wildman–Crippen LogP) is 3.75. The molecular formula is C24H22BrIN4O6. The standard InChI is InChI=1S/C24H22BrIN4O6/c1-14-8-16(5-6-18(14)25)29-21(31)13-36-22-19(26)9-15(10-20(22)34-2)11-28-30-24(33)23(32)27-12-17-4-3-7-35-17/h3-11H,12-13H2,1-2H3,(H,27,32)(H,29,31)(H,30,33)/b28-11-. The number of hydrogen-bond acceptors (Lipinski definition) is 7. The van der Waals surface area contributed by atoms with E-state index in [0.29, 0.717) is 32.1 Å². The van der Waals surface area contributed by atoms with Crippen LogP contribution in [0, 0.1) is 10.5 Å². The zero-order valence-electron chi connectivity index (χ0n) is 19.3. The third kappa shape index (κ3) is 7.81. The maximum absolute atomic E-state index is 12.3. The molecule has 188 valence electrons. The number of carbonyl (C=O) groups excluding carboxylic acids is 3. The number of anilines is 1. The van der Waals surface area contributed by atoms with E-state index in [4.69, 9.17) is 13.9 Å². The summed E-state index contributed by atoms with van der Waals surface area (Å²) in [7, 11) is 1.47. The van der Waals surface area contributed by atoms with Gasteiger partial charge in [0.2, 0.25) is 0 Å². The minimum Gasteiger partial charge on any atom is -0.493 e. The van der Waals surface area contributed by atoms with Gasteiger partial charge in [-0.05, 0) is 83.1 Å². The van der Waals surface area contributed by atoms with Crippen molar-refractivity contribution in [2.45, 2.75) is 13.5 Å². The lowest BCUT2D eigenvalue weighted by atomic mass is 10.2. The van der Waals surface area contributed by atoms with Gasteiger partial charge in [0, 0.05) is 10.2 Å². The van der Waals surface area contributed by atoms with Crippen LogP contribution in [0.1, 0.15) is 16.9 Å². The number of nitrogens with one attached hydrogen (secondary N) is 3. The van der Waals surface area contributed by atoms with Crippen molar-refractivity contribution < 1.29 is 28.3 Å². The molecule has 0 fully saturated rings. The van der Waals surface area contributed by atoms with Crippen LogP contribution >= 0.6 is 38.5 Å². The highest BCUT2D eigenvalue weighted by molar-refractivity contribution is 14.1. The topological polar surface area (TPSA) is 131 Å². The maximum atomic E-state index is 12.3. The number of benzene rings is 2. The van der Waals surface area contributed by atoms with Gasteiger partial charge in [-0.3, -0.25) is 14.4 Å². The Morgan fingerprint density at radius 2 is 1.97 bits per heavy atom. The summed E-state index contributed by atoms with van der Waals surface area (Å²) in [5.41, 5.74) is 4.39. The first-order valence-corrected chi connectivity index (χ1v) is 12.3. The van der Waals surface area contributed by atoms with Crippen LogP contribution in [0.25, 0.3) is 0 Å². The molecule has 0 saturated carbocycles. The van der Waals surface area contributed by atoms with Gasteiger partial charge >= 0.3 is 11.8 Å². The lowest BCUT2D eigenvalue weighted by molar-refractivity contribution is -0.139. The fourth-order valence-corrected chi connectivity index (χ4v) is 3.92. The van der Waals surface area contributed by atoms with E-state index in [1.807, 2.05) is 41.6 Å². The van der Waals surface area contributed by atoms with E-state index in [-0.39, 0.29) is 19.1 Å². The summed E-state index contributed by atoms with van der Waals surface area (Å²) in [6, 6.07) is 12.2. The second kappa shape index (κ2) is 13.1. The molecule has 3 amide bonds. The molecule has 1 heterocycles. The monoisotopic (exact) mass is 668 g/mol. The molecule has 1 aromatic heterocycles. The molecule has 0 spiro atoms. The quantitative estimate of drug-likeness (QED) is 0.138. The molecule has 36 heavy (non-hydrogen) atoms. The van der Waals surface area contributed by atoms with Crippen LogP contribution in [0.5, 0.6) is 11.5 Å². The molecule has 0 aliphatic carbocycles. The number of hydrogen-bond donors (Lipinski definition) is 3. The Bertz CT molecular complexity index is 1280. The SMILES string of the molecule is COc1cc(/C=N\NC(=O)C(=O)NCc2ccco2)cc(I)c1OCC(=O)Nc1ccc(Br)c(C)c1. The molecular weight excluding hydrogens is 647 g/mol. The lowest BCUT2D eigenvalue weighted by Gasteiger charge is -2.14. The molecule has 3 rings (SSSR count). The third-order valence-electron chi connectivity index (χ3n) is 4.63. The number of aryl methyl sites for hydroxylation is 1. The molecule has 0 atom stereocenters. The van der Waals surface area contributed by atoms with Gasteiger partial charge in [0.25, 0.3) is 5.91 Å². The first kappa shape index (κ1) is 27.2. The van der Waals surface area contributed by atoms with E-state index in [9.17, 15) is 14.4 Å². The number of ether oxygens (including phenoxy) is 2.